The number of hydrogen-bond donors (Lipinski definition) is 1. The molecule has 0 saturated carbocycles. The summed E-state index contributed by atoms with van der Waals surface area (Å²) in [6.07, 6.45) is 1.15. The van der Waals surface area contributed by atoms with E-state index in [4.69, 9.17) is 4.74 Å². The molecule has 0 saturated heterocycles. The van der Waals surface area contributed by atoms with Crippen LogP contribution in [0.25, 0.3) is 0 Å². The number of nitrogens with one attached hydrogen (secondary N) is 1. The van der Waals surface area contributed by atoms with Crippen molar-refractivity contribution in [1.29, 1.82) is 0 Å². The molecule has 0 aliphatic rings. The van der Waals surface area contributed by atoms with Crippen LogP contribution >= 0.6 is 0 Å². The zero-order chi connectivity index (χ0) is 16.8. The van der Waals surface area contributed by atoms with Crippen molar-refractivity contribution in [2.75, 3.05) is 6.61 Å². The summed E-state index contributed by atoms with van der Waals surface area (Å²) in [6.45, 7) is 6.52. The lowest BCUT2D eigenvalue weighted by Gasteiger charge is -2.15. The van der Waals surface area contributed by atoms with Crippen LogP contribution in [0.5, 0.6) is 5.75 Å². The Morgan fingerprint density at radius 1 is 1.30 bits per heavy atom. The van der Waals surface area contributed by atoms with E-state index in [0.717, 1.165) is 22.7 Å². The highest BCUT2D eigenvalue weighted by Crippen LogP contribution is 2.20. The Labute approximate surface area is 137 Å². The lowest BCUT2D eigenvalue weighted by molar-refractivity contribution is -0.121. The first-order chi connectivity index (χ1) is 11.0. The van der Waals surface area contributed by atoms with Crippen LogP contribution in [-0.2, 0) is 11.8 Å². The van der Waals surface area contributed by atoms with Gasteiger partial charge in [-0.2, -0.15) is 5.10 Å². The molecule has 1 aromatic carbocycles. The molecule has 0 unspecified atom stereocenters. The average Bonchev–Trinajstić information content (AvgIpc) is 2.77. The maximum absolute atomic E-state index is 12.1. The summed E-state index contributed by atoms with van der Waals surface area (Å²) < 4.78 is 7.44. The topological polar surface area (TPSA) is 56.2 Å². The second-order valence-electron chi connectivity index (χ2n) is 5.76. The van der Waals surface area contributed by atoms with E-state index in [0.29, 0.717) is 19.4 Å². The molecular weight excluding hydrogens is 290 g/mol. The summed E-state index contributed by atoms with van der Waals surface area (Å²) in [4.78, 5) is 12.1. The molecule has 0 aliphatic heterocycles. The third-order valence-corrected chi connectivity index (χ3v) is 3.94. The van der Waals surface area contributed by atoms with Crippen molar-refractivity contribution in [1.82, 2.24) is 15.1 Å². The number of aryl methyl sites for hydroxylation is 2. The minimum Gasteiger partial charge on any atom is -0.494 e. The van der Waals surface area contributed by atoms with E-state index in [2.05, 4.69) is 10.4 Å². The summed E-state index contributed by atoms with van der Waals surface area (Å²) in [6, 6.07) is 9.60. The van der Waals surface area contributed by atoms with E-state index in [1.807, 2.05) is 62.8 Å². The van der Waals surface area contributed by atoms with Crippen molar-refractivity contribution in [2.45, 2.75) is 39.7 Å². The lowest BCUT2D eigenvalue weighted by Crippen LogP contribution is -2.27. The normalized spacial score (nSPS) is 12.0. The fourth-order valence-electron chi connectivity index (χ4n) is 2.74. The van der Waals surface area contributed by atoms with Gasteiger partial charge in [0, 0.05) is 24.7 Å². The summed E-state index contributed by atoms with van der Waals surface area (Å²) in [7, 11) is 1.92. The second-order valence-corrected chi connectivity index (χ2v) is 5.76. The van der Waals surface area contributed by atoms with Gasteiger partial charge in [0.15, 0.2) is 0 Å². The zero-order valence-corrected chi connectivity index (χ0v) is 14.3. The van der Waals surface area contributed by atoms with Crippen LogP contribution in [0.1, 0.15) is 42.8 Å². The van der Waals surface area contributed by atoms with Crippen LogP contribution in [-0.4, -0.2) is 22.3 Å². The van der Waals surface area contributed by atoms with Gasteiger partial charge in [0.2, 0.25) is 5.91 Å². The Hall–Kier alpha value is -2.30. The van der Waals surface area contributed by atoms with Crippen LogP contribution in [0.2, 0.25) is 0 Å². The minimum absolute atomic E-state index is 0.0359. The van der Waals surface area contributed by atoms with E-state index in [1.165, 1.54) is 0 Å². The van der Waals surface area contributed by atoms with Gasteiger partial charge in [-0.25, -0.2) is 0 Å². The van der Waals surface area contributed by atoms with Gasteiger partial charge in [-0.3, -0.25) is 9.48 Å². The van der Waals surface area contributed by atoms with E-state index in [-0.39, 0.29) is 11.9 Å². The first kappa shape index (κ1) is 17.1. The van der Waals surface area contributed by atoms with Crippen LogP contribution in [0.3, 0.4) is 0 Å². The van der Waals surface area contributed by atoms with Gasteiger partial charge in [0.25, 0.3) is 0 Å². The molecule has 0 radical (unpaired) electrons. The van der Waals surface area contributed by atoms with E-state index >= 15 is 0 Å². The SMILES string of the molecule is Cc1nn(C)c(C)c1[C@H](C)NC(=O)CCCOc1ccccc1. The standard InChI is InChI=1S/C18H25N3O2/c1-13(18-14(2)20-21(4)15(18)3)19-17(22)11-8-12-23-16-9-6-5-7-10-16/h5-7,9-10,13H,8,11-12H2,1-4H3,(H,19,22)/t13-/m0/s1. The molecule has 2 aromatic rings. The molecule has 2 rings (SSSR count). The molecule has 1 N–H and O–H groups in total. The Morgan fingerprint density at radius 3 is 2.61 bits per heavy atom. The summed E-state index contributed by atoms with van der Waals surface area (Å²) in [5.74, 6) is 0.875. The molecule has 0 fully saturated rings. The Morgan fingerprint density at radius 2 is 2.00 bits per heavy atom. The number of nitrogens with zero attached hydrogens (tertiary/aromatic N) is 2. The first-order valence-corrected chi connectivity index (χ1v) is 7.96. The summed E-state index contributed by atoms with van der Waals surface area (Å²) >= 11 is 0. The molecule has 1 atom stereocenters. The van der Waals surface area contributed by atoms with E-state index < -0.39 is 0 Å². The third kappa shape index (κ3) is 4.58. The number of hydrogen-bond acceptors (Lipinski definition) is 3. The number of para-hydroxylation sites is 1. The zero-order valence-electron chi connectivity index (χ0n) is 14.3. The van der Waals surface area contributed by atoms with Gasteiger partial charge in [0.1, 0.15) is 5.75 Å². The predicted molar refractivity (Wildman–Crippen MR) is 90.4 cm³/mol. The molecule has 0 bridgehead atoms. The van der Waals surface area contributed by atoms with Gasteiger partial charge in [-0.05, 0) is 39.3 Å². The predicted octanol–water partition coefficient (Wildman–Crippen LogP) is 3.07. The van der Waals surface area contributed by atoms with Crippen molar-refractivity contribution < 1.29 is 9.53 Å². The van der Waals surface area contributed by atoms with Gasteiger partial charge in [-0.1, -0.05) is 18.2 Å². The van der Waals surface area contributed by atoms with Crippen molar-refractivity contribution >= 4 is 5.91 Å². The van der Waals surface area contributed by atoms with E-state index in [1.54, 1.807) is 0 Å². The fraction of sp³-hybridized carbons (Fsp3) is 0.444. The minimum atomic E-state index is -0.0359. The average molecular weight is 315 g/mol. The third-order valence-electron chi connectivity index (χ3n) is 3.94. The Kier molecular flexibility index (Phi) is 5.79. The molecule has 5 heteroatoms. The molecule has 0 aliphatic carbocycles. The van der Waals surface area contributed by atoms with Crippen LogP contribution in [0, 0.1) is 13.8 Å². The molecule has 124 valence electrons. The number of carbonyl (C=O) groups is 1. The first-order valence-electron chi connectivity index (χ1n) is 7.96. The maximum atomic E-state index is 12.1. The number of amides is 1. The molecule has 23 heavy (non-hydrogen) atoms. The van der Waals surface area contributed by atoms with Gasteiger partial charge < -0.3 is 10.1 Å². The number of aromatic nitrogens is 2. The maximum Gasteiger partial charge on any atom is 0.220 e. The number of rotatable bonds is 7. The van der Waals surface area contributed by atoms with Crippen molar-refractivity contribution in [3.05, 3.63) is 47.3 Å². The van der Waals surface area contributed by atoms with Crippen LogP contribution in [0.4, 0.5) is 0 Å². The molecule has 1 amide bonds. The fourth-order valence-corrected chi connectivity index (χ4v) is 2.74. The highest BCUT2D eigenvalue weighted by molar-refractivity contribution is 5.76. The van der Waals surface area contributed by atoms with Crippen molar-refractivity contribution in [2.24, 2.45) is 7.05 Å². The Bertz CT molecular complexity index is 650. The number of ether oxygens (including phenoxy) is 1. The Balaban J connectivity index is 1.76. The van der Waals surface area contributed by atoms with E-state index in [9.17, 15) is 4.79 Å². The molecule has 0 spiro atoms. The molecule has 5 nitrogen and oxygen atoms in total. The highest BCUT2D eigenvalue weighted by atomic mass is 16.5. The van der Waals surface area contributed by atoms with Crippen molar-refractivity contribution in [3.8, 4) is 5.75 Å². The molecule has 1 aromatic heterocycles. The van der Waals surface area contributed by atoms with Crippen LogP contribution in [0.15, 0.2) is 30.3 Å². The van der Waals surface area contributed by atoms with Crippen LogP contribution < -0.4 is 10.1 Å². The summed E-state index contributed by atoms with van der Waals surface area (Å²) in [5, 5.41) is 7.44. The highest BCUT2D eigenvalue weighted by Gasteiger charge is 2.17. The van der Waals surface area contributed by atoms with Gasteiger partial charge in [0.05, 0.1) is 18.3 Å². The lowest BCUT2D eigenvalue weighted by atomic mass is 10.1. The summed E-state index contributed by atoms with van der Waals surface area (Å²) in [5.41, 5.74) is 3.15. The van der Waals surface area contributed by atoms with Gasteiger partial charge >= 0.3 is 0 Å². The number of benzene rings is 1. The van der Waals surface area contributed by atoms with Crippen molar-refractivity contribution in [3.63, 3.8) is 0 Å². The quantitative estimate of drug-likeness (QED) is 0.799. The largest absolute Gasteiger partial charge is 0.494 e. The molecule has 1 heterocycles. The monoisotopic (exact) mass is 315 g/mol. The smallest absolute Gasteiger partial charge is 0.220 e. The second kappa shape index (κ2) is 7.81. The number of carbonyl (C=O) groups excluding carboxylic acids is 1. The molecular formula is C18H25N3O2. The van der Waals surface area contributed by atoms with Gasteiger partial charge in [-0.15, -0.1) is 0 Å².